The lowest BCUT2D eigenvalue weighted by Gasteiger charge is -2.29. The maximum absolute atomic E-state index is 5.35. The molecule has 0 aliphatic heterocycles. The van der Waals surface area contributed by atoms with E-state index in [1.807, 2.05) is 0 Å². The van der Waals surface area contributed by atoms with Gasteiger partial charge in [-0.05, 0) is 55.0 Å². The molecular formula is C19H23NO. The maximum Gasteiger partial charge on any atom is 0.119 e. The number of methoxy groups -OCH3 is 1. The molecule has 0 heterocycles. The summed E-state index contributed by atoms with van der Waals surface area (Å²) in [5, 5.41) is 3.79. The van der Waals surface area contributed by atoms with Crippen LogP contribution in [0, 0.1) is 0 Å². The molecule has 2 heteroatoms. The Kier molecular flexibility index (Phi) is 4.26. The first-order valence-electron chi connectivity index (χ1n) is 7.75. The van der Waals surface area contributed by atoms with Crippen LogP contribution in [-0.2, 0) is 6.42 Å². The summed E-state index contributed by atoms with van der Waals surface area (Å²) in [7, 11) is 1.73. The number of hydrogen-bond donors (Lipinski definition) is 1. The van der Waals surface area contributed by atoms with Crippen LogP contribution in [-0.4, -0.2) is 7.11 Å². The Bertz CT molecular complexity index is 594. The molecule has 0 bridgehead atoms. The van der Waals surface area contributed by atoms with Gasteiger partial charge >= 0.3 is 0 Å². The molecule has 1 unspecified atom stereocenters. The average Bonchev–Trinajstić information content (AvgIpc) is 2.55. The molecule has 2 atom stereocenters. The van der Waals surface area contributed by atoms with E-state index in [1.165, 1.54) is 29.5 Å². The van der Waals surface area contributed by atoms with Crippen molar-refractivity contribution in [1.82, 2.24) is 5.32 Å². The summed E-state index contributed by atoms with van der Waals surface area (Å²) in [5.41, 5.74) is 4.21. The summed E-state index contributed by atoms with van der Waals surface area (Å²) >= 11 is 0. The molecule has 2 aromatic rings. The van der Waals surface area contributed by atoms with Gasteiger partial charge in [-0.25, -0.2) is 0 Å². The standard InChI is InChI=1S/C19H23NO/c1-14(15-7-4-3-5-8-15)20-19-10-6-9-16-13-17(21-2)11-12-18(16)19/h3-5,7-8,11-14,19-20H,6,9-10H2,1-2H3/t14-,19?/m0/s1. The predicted octanol–water partition coefficient (Wildman–Crippen LogP) is 4.42. The molecule has 2 nitrogen and oxygen atoms in total. The van der Waals surface area contributed by atoms with Crippen LogP contribution in [0.5, 0.6) is 5.75 Å². The van der Waals surface area contributed by atoms with Crippen molar-refractivity contribution < 1.29 is 4.74 Å². The Morgan fingerprint density at radius 2 is 1.95 bits per heavy atom. The molecule has 0 aromatic heterocycles. The maximum atomic E-state index is 5.35. The lowest BCUT2D eigenvalue weighted by atomic mass is 9.87. The van der Waals surface area contributed by atoms with Gasteiger partial charge in [0.05, 0.1) is 7.11 Å². The van der Waals surface area contributed by atoms with Gasteiger partial charge in [-0.2, -0.15) is 0 Å². The number of ether oxygens (including phenoxy) is 1. The van der Waals surface area contributed by atoms with E-state index < -0.39 is 0 Å². The van der Waals surface area contributed by atoms with E-state index >= 15 is 0 Å². The summed E-state index contributed by atoms with van der Waals surface area (Å²) in [6.07, 6.45) is 3.60. The first kappa shape index (κ1) is 14.2. The van der Waals surface area contributed by atoms with Crippen LogP contribution in [0.2, 0.25) is 0 Å². The van der Waals surface area contributed by atoms with Crippen molar-refractivity contribution in [2.24, 2.45) is 0 Å². The van der Waals surface area contributed by atoms with Gasteiger partial charge in [-0.15, -0.1) is 0 Å². The van der Waals surface area contributed by atoms with Crippen LogP contribution < -0.4 is 10.1 Å². The van der Waals surface area contributed by atoms with Crippen molar-refractivity contribution in [3.05, 3.63) is 65.2 Å². The molecule has 2 aromatic carbocycles. The van der Waals surface area contributed by atoms with Crippen molar-refractivity contribution in [2.45, 2.75) is 38.3 Å². The molecule has 0 saturated carbocycles. The number of benzene rings is 2. The first-order valence-corrected chi connectivity index (χ1v) is 7.75. The van der Waals surface area contributed by atoms with Gasteiger partial charge in [0, 0.05) is 12.1 Å². The van der Waals surface area contributed by atoms with Crippen LogP contribution in [0.1, 0.15) is 48.5 Å². The molecule has 0 radical (unpaired) electrons. The van der Waals surface area contributed by atoms with E-state index in [9.17, 15) is 0 Å². The fourth-order valence-electron chi connectivity index (χ4n) is 3.23. The van der Waals surface area contributed by atoms with E-state index in [0.717, 1.165) is 12.2 Å². The zero-order chi connectivity index (χ0) is 14.7. The Balaban J connectivity index is 1.79. The van der Waals surface area contributed by atoms with Gasteiger partial charge in [0.15, 0.2) is 0 Å². The summed E-state index contributed by atoms with van der Waals surface area (Å²) in [6.45, 7) is 2.24. The molecule has 1 aliphatic carbocycles. The summed E-state index contributed by atoms with van der Waals surface area (Å²) < 4.78 is 5.35. The molecule has 110 valence electrons. The van der Waals surface area contributed by atoms with Crippen LogP contribution in [0.4, 0.5) is 0 Å². The molecule has 0 amide bonds. The van der Waals surface area contributed by atoms with E-state index in [2.05, 4.69) is 60.8 Å². The number of nitrogens with one attached hydrogen (secondary N) is 1. The normalized spacial score (nSPS) is 18.9. The third kappa shape index (κ3) is 3.11. The van der Waals surface area contributed by atoms with Crippen molar-refractivity contribution in [2.75, 3.05) is 7.11 Å². The van der Waals surface area contributed by atoms with Crippen molar-refractivity contribution >= 4 is 0 Å². The number of aryl methyl sites for hydroxylation is 1. The molecule has 21 heavy (non-hydrogen) atoms. The second-order valence-electron chi connectivity index (χ2n) is 5.81. The van der Waals surface area contributed by atoms with Crippen LogP contribution in [0.25, 0.3) is 0 Å². The van der Waals surface area contributed by atoms with Crippen molar-refractivity contribution in [3.8, 4) is 5.75 Å². The topological polar surface area (TPSA) is 21.3 Å². The zero-order valence-corrected chi connectivity index (χ0v) is 12.8. The lowest BCUT2D eigenvalue weighted by Crippen LogP contribution is -2.27. The highest BCUT2D eigenvalue weighted by Crippen LogP contribution is 2.33. The molecule has 0 spiro atoms. The quantitative estimate of drug-likeness (QED) is 0.895. The third-order valence-electron chi connectivity index (χ3n) is 4.42. The van der Waals surface area contributed by atoms with Gasteiger partial charge < -0.3 is 10.1 Å². The molecule has 3 rings (SSSR count). The average molecular weight is 281 g/mol. The summed E-state index contributed by atoms with van der Waals surface area (Å²) in [4.78, 5) is 0. The monoisotopic (exact) mass is 281 g/mol. The smallest absolute Gasteiger partial charge is 0.119 e. The van der Waals surface area contributed by atoms with E-state index in [0.29, 0.717) is 12.1 Å². The number of hydrogen-bond acceptors (Lipinski definition) is 2. The first-order chi connectivity index (χ1) is 10.3. The highest BCUT2D eigenvalue weighted by Gasteiger charge is 2.22. The van der Waals surface area contributed by atoms with E-state index in [1.54, 1.807) is 7.11 Å². The van der Waals surface area contributed by atoms with Gasteiger partial charge in [-0.1, -0.05) is 36.4 Å². The molecule has 0 saturated heterocycles. The summed E-state index contributed by atoms with van der Waals surface area (Å²) in [5.74, 6) is 0.963. The van der Waals surface area contributed by atoms with E-state index in [-0.39, 0.29) is 0 Å². The number of fused-ring (bicyclic) bond motifs is 1. The van der Waals surface area contributed by atoms with Crippen molar-refractivity contribution in [1.29, 1.82) is 0 Å². The van der Waals surface area contributed by atoms with Crippen molar-refractivity contribution in [3.63, 3.8) is 0 Å². The van der Waals surface area contributed by atoms with Crippen LogP contribution in [0.3, 0.4) is 0 Å². The molecular weight excluding hydrogens is 258 g/mol. The Morgan fingerprint density at radius 1 is 1.14 bits per heavy atom. The third-order valence-corrected chi connectivity index (χ3v) is 4.42. The highest BCUT2D eigenvalue weighted by atomic mass is 16.5. The fraction of sp³-hybridized carbons (Fsp3) is 0.368. The Morgan fingerprint density at radius 3 is 2.71 bits per heavy atom. The SMILES string of the molecule is COc1ccc2c(c1)CCCC2N[C@@H](C)c1ccccc1. The molecule has 1 N–H and O–H groups in total. The minimum Gasteiger partial charge on any atom is -0.497 e. The largest absolute Gasteiger partial charge is 0.497 e. The second-order valence-corrected chi connectivity index (χ2v) is 5.81. The van der Waals surface area contributed by atoms with Crippen LogP contribution >= 0.6 is 0 Å². The second kappa shape index (κ2) is 6.31. The summed E-state index contributed by atoms with van der Waals surface area (Å²) in [6, 6.07) is 18.0. The Hall–Kier alpha value is -1.80. The molecule has 1 aliphatic rings. The number of rotatable bonds is 4. The van der Waals surface area contributed by atoms with Gasteiger partial charge in [0.1, 0.15) is 5.75 Å². The van der Waals surface area contributed by atoms with Gasteiger partial charge in [0.2, 0.25) is 0 Å². The minimum atomic E-state index is 0.365. The Labute approximate surface area is 127 Å². The predicted molar refractivity (Wildman–Crippen MR) is 86.7 cm³/mol. The van der Waals surface area contributed by atoms with E-state index in [4.69, 9.17) is 4.74 Å². The van der Waals surface area contributed by atoms with Crippen LogP contribution in [0.15, 0.2) is 48.5 Å². The van der Waals surface area contributed by atoms with Gasteiger partial charge in [-0.3, -0.25) is 0 Å². The lowest BCUT2D eigenvalue weighted by molar-refractivity contribution is 0.402. The minimum absolute atomic E-state index is 0.365. The fourth-order valence-corrected chi connectivity index (χ4v) is 3.23. The highest BCUT2D eigenvalue weighted by molar-refractivity contribution is 5.39. The molecule has 0 fully saturated rings. The van der Waals surface area contributed by atoms with Gasteiger partial charge in [0.25, 0.3) is 0 Å². The zero-order valence-electron chi connectivity index (χ0n) is 12.8.